The lowest BCUT2D eigenvalue weighted by Gasteiger charge is -2.26. The van der Waals surface area contributed by atoms with Crippen LogP contribution < -0.4 is 5.32 Å². The third-order valence-electron chi connectivity index (χ3n) is 3.72. The van der Waals surface area contributed by atoms with Gasteiger partial charge in [0.25, 0.3) is 0 Å². The zero-order valence-electron chi connectivity index (χ0n) is 11.6. The summed E-state index contributed by atoms with van der Waals surface area (Å²) < 4.78 is 2.37. The molecule has 0 aromatic carbocycles. The Hall–Kier alpha value is -0.480. The number of piperidine rings is 1. The molecule has 2 heterocycles. The van der Waals surface area contributed by atoms with Crippen molar-refractivity contribution in [2.75, 3.05) is 18.1 Å². The van der Waals surface area contributed by atoms with E-state index in [1.165, 1.54) is 42.9 Å². The molecule has 0 saturated carbocycles. The Morgan fingerprint density at radius 3 is 3.17 bits per heavy atom. The van der Waals surface area contributed by atoms with Crippen molar-refractivity contribution in [1.82, 2.24) is 14.9 Å². The van der Waals surface area contributed by atoms with E-state index in [0.717, 1.165) is 6.54 Å². The van der Waals surface area contributed by atoms with Crippen LogP contribution in [0, 0.1) is 0 Å². The zero-order valence-corrected chi connectivity index (χ0v) is 12.4. The van der Waals surface area contributed by atoms with Gasteiger partial charge in [0.15, 0.2) is 0 Å². The van der Waals surface area contributed by atoms with Crippen molar-refractivity contribution < 1.29 is 0 Å². The maximum absolute atomic E-state index is 4.36. The number of aromatic nitrogens is 2. The Kier molecular flexibility index (Phi) is 5.57. The number of nitrogens with one attached hydrogen (secondary N) is 1. The summed E-state index contributed by atoms with van der Waals surface area (Å²) in [5.74, 6) is 2.46. The van der Waals surface area contributed by atoms with E-state index in [0.29, 0.717) is 12.1 Å². The Bertz CT molecular complexity index is 345. The molecule has 1 aromatic rings. The highest BCUT2D eigenvalue weighted by atomic mass is 32.2. The van der Waals surface area contributed by atoms with Crippen LogP contribution in [-0.2, 0) is 0 Å². The number of hydrogen-bond donors (Lipinski definition) is 1. The highest BCUT2D eigenvalue weighted by Gasteiger charge is 2.20. The third kappa shape index (κ3) is 3.51. The standard InChI is InChI=1S/C14H25N3S/c1-3-18-9-7-12(2)17-11-15-10-14(17)13-6-4-5-8-16-13/h10-13,16H,3-9H2,1-2H3. The van der Waals surface area contributed by atoms with Crippen molar-refractivity contribution in [2.24, 2.45) is 0 Å². The minimum Gasteiger partial charge on any atom is -0.330 e. The lowest BCUT2D eigenvalue weighted by atomic mass is 10.0. The van der Waals surface area contributed by atoms with Gasteiger partial charge in [-0.2, -0.15) is 11.8 Å². The topological polar surface area (TPSA) is 29.9 Å². The molecule has 1 saturated heterocycles. The van der Waals surface area contributed by atoms with Gasteiger partial charge in [0.2, 0.25) is 0 Å². The summed E-state index contributed by atoms with van der Waals surface area (Å²) in [6.45, 7) is 5.68. The number of hydrogen-bond acceptors (Lipinski definition) is 3. The minimum absolute atomic E-state index is 0.516. The molecule has 18 heavy (non-hydrogen) atoms. The van der Waals surface area contributed by atoms with E-state index in [-0.39, 0.29) is 0 Å². The smallest absolute Gasteiger partial charge is 0.0951 e. The number of imidazole rings is 1. The van der Waals surface area contributed by atoms with E-state index in [2.05, 4.69) is 28.7 Å². The number of thioether (sulfide) groups is 1. The maximum atomic E-state index is 4.36. The minimum atomic E-state index is 0.516. The lowest BCUT2D eigenvalue weighted by molar-refractivity contribution is 0.381. The molecule has 1 fully saturated rings. The molecule has 0 amide bonds. The van der Waals surface area contributed by atoms with Crippen molar-refractivity contribution in [3.05, 3.63) is 18.2 Å². The van der Waals surface area contributed by atoms with Gasteiger partial charge >= 0.3 is 0 Å². The molecule has 0 spiro atoms. The fourth-order valence-electron chi connectivity index (χ4n) is 2.59. The van der Waals surface area contributed by atoms with Crippen LogP contribution in [0.25, 0.3) is 0 Å². The van der Waals surface area contributed by atoms with Gasteiger partial charge in [0, 0.05) is 18.3 Å². The number of rotatable bonds is 6. The van der Waals surface area contributed by atoms with Crippen LogP contribution in [-0.4, -0.2) is 27.6 Å². The fraction of sp³-hybridized carbons (Fsp3) is 0.786. The van der Waals surface area contributed by atoms with E-state index in [1.807, 2.05) is 24.3 Å². The van der Waals surface area contributed by atoms with Crippen molar-refractivity contribution >= 4 is 11.8 Å². The molecular formula is C14H25N3S. The molecule has 0 bridgehead atoms. The predicted octanol–water partition coefficient (Wildman–Crippen LogP) is 3.40. The monoisotopic (exact) mass is 267 g/mol. The largest absolute Gasteiger partial charge is 0.330 e. The highest BCUT2D eigenvalue weighted by Crippen LogP contribution is 2.26. The van der Waals surface area contributed by atoms with Crippen molar-refractivity contribution in [3.63, 3.8) is 0 Å². The second-order valence-corrected chi connectivity index (χ2v) is 6.46. The van der Waals surface area contributed by atoms with Crippen LogP contribution in [0.5, 0.6) is 0 Å². The SMILES string of the molecule is CCSCCC(C)n1cncc1C1CCCCN1. The molecule has 0 aliphatic carbocycles. The van der Waals surface area contributed by atoms with Gasteiger partial charge < -0.3 is 9.88 Å². The van der Waals surface area contributed by atoms with E-state index in [9.17, 15) is 0 Å². The van der Waals surface area contributed by atoms with Crippen LogP contribution in [0.1, 0.15) is 57.3 Å². The molecule has 0 radical (unpaired) electrons. The Morgan fingerprint density at radius 2 is 2.44 bits per heavy atom. The summed E-state index contributed by atoms with van der Waals surface area (Å²) in [4.78, 5) is 4.36. The summed E-state index contributed by atoms with van der Waals surface area (Å²) in [6.07, 6.45) is 9.19. The van der Waals surface area contributed by atoms with Gasteiger partial charge in [-0.1, -0.05) is 13.3 Å². The van der Waals surface area contributed by atoms with E-state index < -0.39 is 0 Å². The van der Waals surface area contributed by atoms with Crippen molar-refractivity contribution in [2.45, 2.75) is 51.6 Å². The van der Waals surface area contributed by atoms with Crippen LogP contribution in [0.15, 0.2) is 12.5 Å². The van der Waals surface area contributed by atoms with Gasteiger partial charge in [0.05, 0.1) is 12.0 Å². The molecule has 2 atom stereocenters. The normalized spacial score (nSPS) is 22.0. The Balaban J connectivity index is 1.97. The first-order valence-corrected chi connectivity index (χ1v) is 8.31. The van der Waals surface area contributed by atoms with Crippen LogP contribution in [0.4, 0.5) is 0 Å². The van der Waals surface area contributed by atoms with E-state index in [4.69, 9.17) is 0 Å². The van der Waals surface area contributed by atoms with Crippen molar-refractivity contribution in [3.8, 4) is 0 Å². The average molecular weight is 267 g/mol. The van der Waals surface area contributed by atoms with Crippen LogP contribution >= 0.6 is 11.8 Å². The zero-order chi connectivity index (χ0) is 12.8. The van der Waals surface area contributed by atoms with Gasteiger partial charge in [-0.3, -0.25) is 0 Å². The Labute approximate surface area is 115 Å². The second-order valence-electron chi connectivity index (χ2n) is 5.06. The summed E-state index contributed by atoms with van der Waals surface area (Å²) in [5.41, 5.74) is 1.38. The molecule has 1 aromatic heterocycles. The third-order valence-corrected chi connectivity index (χ3v) is 4.65. The first-order valence-electron chi connectivity index (χ1n) is 7.15. The van der Waals surface area contributed by atoms with Gasteiger partial charge in [0.1, 0.15) is 0 Å². The van der Waals surface area contributed by atoms with Gasteiger partial charge in [-0.15, -0.1) is 0 Å². The summed E-state index contributed by atoms with van der Waals surface area (Å²) in [6, 6.07) is 1.08. The highest BCUT2D eigenvalue weighted by molar-refractivity contribution is 7.99. The predicted molar refractivity (Wildman–Crippen MR) is 79.1 cm³/mol. The molecule has 2 unspecified atom stereocenters. The molecule has 102 valence electrons. The molecule has 3 nitrogen and oxygen atoms in total. The van der Waals surface area contributed by atoms with Crippen LogP contribution in [0.3, 0.4) is 0 Å². The van der Waals surface area contributed by atoms with Crippen molar-refractivity contribution in [1.29, 1.82) is 0 Å². The first-order chi connectivity index (χ1) is 8.83. The lowest BCUT2D eigenvalue weighted by Crippen LogP contribution is -2.29. The molecule has 2 rings (SSSR count). The fourth-order valence-corrected chi connectivity index (χ4v) is 3.39. The molecular weight excluding hydrogens is 242 g/mol. The van der Waals surface area contributed by atoms with E-state index >= 15 is 0 Å². The molecule has 1 aliphatic heterocycles. The molecule has 1 N–H and O–H groups in total. The Morgan fingerprint density at radius 1 is 1.56 bits per heavy atom. The summed E-state index contributed by atoms with van der Waals surface area (Å²) in [5, 5.41) is 3.62. The maximum Gasteiger partial charge on any atom is 0.0951 e. The molecule has 4 heteroatoms. The second kappa shape index (κ2) is 7.19. The van der Waals surface area contributed by atoms with E-state index in [1.54, 1.807) is 0 Å². The first kappa shape index (κ1) is 13.9. The van der Waals surface area contributed by atoms with Gasteiger partial charge in [-0.25, -0.2) is 4.98 Å². The number of nitrogens with zero attached hydrogens (tertiary/aromatic N) is 2. The van der Waals surface area contributed by atoms with Crippen LogP contribution in [0.2, 0.25) is 0 Å². The quantitative estimate of drug-likeness (QED) is 0.801. The van der Waals surface area contributed by atoms with Gasteiger partial charge in [-0.05, 0) is 44.2 Å². The summed E-state index contributed by atoms with van der Waals surface area (Å²) in [7, 11) is 0. The molecule has 1 aliphatic rings. The average Bonchev–Trinajstić information content (AvgIpc) is 2.89. The summed E-state index contributed by atoms with van der Waals surface area (Å²) >= 11 is 2.03.